The Morgan fingerprint density at radius 3 is 2.81 bits per heavy atom. The third-order valence-electron chi connectivity index (χ3n) is 5.58. The number of rotatable bonds is 1. The summed E-state index contributed by atoms with van der Waals surface area (Å²) in [7, 11) is 0. The summed E-state index contributed by atoms with van der Waals surface area (Å²) in [6.07, 6.45) is 14.3. The van der Waals surface area contributed by atoms with Crippen molar-refractivity contribution in [2.45, 2.75) is 37.6 Å². The number of fused-ring (bicyclic) bond motifs is 3. The van der Waals surface area contributed by atoms with Crippen molar-refractivity contribution in [3.8, 4) is 5.75 Å². The minimum Gasteiger partial charge on any atom is -0.508 e. The Kier molecular flexibility index (Phi) is 3.25. The number of phenols is 1. The highest BCUT2D eigenvalue weighted by atomic mass is 16.3. The second kappa shape index (κ2) is 5.25. The molecule has 1 aromatic carbocycles. The largest absolute Gasteiger partial charge is 0.508 e. The van der Waals surface area contributed by atoms with Gasteiger partial charge < -0.3 is 10.0 Å². The van der Waals surface area contributed by atoms with Crippen molar-refractivity contribution < 1.29 is 5.11 Å². The van der Waals surface area contributed by atoms with E-state index in [4.69, 9.17) is 0 Å². The van der Waals surface area contributed by atoms with Crippen LogP contribution < -0.4 is 0 Å². The highest BCUT2D eigenvalue weighted by molar-refractivity contribution is 5.37. The molecule has 2 heterocycles. The molecule has 0 saturated carbocycles. The topological polar surface area (TPSA) is 23.5 Å². The molecule has 1 aromatic rings. The van der Waals surface area contributed by atoms with Gasteiger partial charge in [-0.25, -0.2) is 0 Å². The number of hydrogen-bond donors (Lipinski definition) is 1. The molecule has 4 unspecified atom stereocenters. The van der Waals surface area contributed by atoms with Crippen LogP contribution in [0.4, 0.5) is 0 Å². The van der Waals surface area contributed by atoms with Gasteiger partial charge in [-0.1, -0.05) is 36.4 Å². The molecule has 1 fully saturated rings. The molecule has 0 radical (unpaired) electrons. The molecular weight excluding hydrogens is 258 g/mol. The Morgan fingerprint density at radius 2 is 1.90 bits per heavy atom. The van der Waals surface area contributed by atoms with E-state index in [9.17, 15) is 5.11 Å². The van der Waals surface area contributed by atoms with E-state index in [0.717, 1.165) is 12.1 Å². The normalized spacial score (nSPS) is 34.4. The molecule has 2 heteroatoms. The summed E-state index contributed by atoms with van der Waals surface area (Å²) >= 11 is 0. The van der Waals surface area contributed by atoms with Crippen LogP contribution in [0.25, 0.3) is 0 Å². The van der Waals surface area contributed by atoms with Gasteiger partial charge in [0.15, 0.2) is 0 Å². The van der Waals surface area contributed by atoms with Gasteiger partial charge in [-0.3, -0.25) is 0 Å². The number of para-hydroxylation sites is 1. The molecule has 21 heavy (non-hydrogen) atoms. The highest BCUT2D eigenvalue weighted by Crippen LogP contribution is 2.47. The van der Waals surface area contributed by atoms with Crippen molar-refractivity contribution in [1.29, 1.82) is 0 Å². The summed E-state index contributed by atoms with van der Waals surface area (Å²) in [6, 6.07) is 8.59. The first-order valence-corrected chi connectivity index (χ1v) is 8.21. The van der Waals surface area contributed by atoms with E-state index in [1.54, 1.807) is 0 Å². The van der Waals surface area contributed by atoms with E-state index in [-0.39, 0.29) is 0 Å². The maximum Gasteiger partial charge on any atom is 0.119 e. The molecule has 2 aliphatic heterocycles. The molecule has 1 N–H and O–H groups in total. The highest BCUT2D eigenvalue weighted by Gasteiger charge is 2.43. The van der Waals surface area contributed by atoms with Gasteiger partial charge in [-0.05, 0) is 49.4 Å². The van der Waals surface area contributed by atoms with Crippen LogP contribution in [0.1, 0.15) is 37.2 Å². The fourth-order valence-corrected chi connectivity index (χ4v) is 4.62. The smallest absolute Gasteiger partial charge is 0.119 e. The van der Waals surface area contributed by atoms with Crippen molar-refractivity contribution in [3.05, 3.63) is 54.3 Å². The molecule has 0 bridgehead atoms. The number of nitrogens with zero attached hydrogens (tertiary/aromatic N) is 1. The Morgan fingerprint density at radius 1 is 1.05 bits per heavy atom. The Labute approximate surface area is 126 Å². The summed E-state index contributed by atoms with van der Waals surface area (Å²) in [5.74, 6) is 2.23. The third-order valence-corrected chi connectivity index (χ3v) is 5.58. The van der Waals surface area contributed by atoms with E-state index in [2.05, 4.69) is 41.5 Å². The van der Waals surface area contributed by atoms with Gasteiger partial charge in [0.1, 0.15) is 5.75 Å². The average molecular weight is 281 g/mol. The van der Waals surface area contributed by atoms with Gasteiger partial charge in [-0.2, -0.15) is 0 Å². The predicted octanol–water partition coefficient (Wildman–Crippen LogP) is 4.05. The second-order valence-corrected chi connectivity index (χ2v) is 6.64. The predicted molar refractivity (Wildman–Crippen MR) is 85.1 cm³/mol. The molecule has 0 spiro atoms. The lowest BCUT2D eigenvalue weighted by atomic mass is 9.66. The van der Waals surface area contributed by atoms with Crippen LogP contribution >= 0.6 is 0 Å². The molecule has 0 amide bonds. The SMILES string of the molecule is Oc1ccccc1C1CN2C=CCCC2C2C=CCCC12. The first-order chi connectivity index (χ1) is 10.3. The number of benzene rings is 1. The number of hydrogen-bond acceptors (Lipinski definition) is 2. The van der Waals surface area contributed by atoms with Crippen LogP contribution in [-0.4, -0.2) is 22.6 Å². The molecule has 3 aliphatic rings. The maximum atomic E-state index is 10.3. The number of aromatic hydroxyl groups is 1. The van der Waals surface area contributed by atoms with Gasteiger partial charge in [0.05, 0.1) is 0 Å². The zero-order valence-electron chi connectivity index (χ0n) is 12.4. The van der Waals surface area contributed by atoms with Crippen LogP contribution in [0.15, 0.2) is 48.7 Å². The van der Waals surface area contributed by atoms with Crippen molar-refractivity contribution in [2.24, 2.45) is 11.8 Å². The molecular formula is C19H23NO. The number of phenolic OH excluding ortho intramolecular Hbond substituents is 1. The second-order valence-electron chi connectivity index (χ2n) is 6.64. The van der Waals surface area contributed by atoms with Gasteiger partial charge in [-0.15, -0.1) is 0 Å². The van der Waals surface area contributed by atoms with E-state index < -0.39 is 0 Å². The number of piperidine rings is 1. The summed E-state index contributed by atoms with van der Waals surface area (Å²) in [5, 5.41) is 10.3. The summed E-state index contributed by atoms with van der Waals surface area (Å²) < 4.78 is 0. The number of allylic oxidation sites excluding steroid dienone is 2. The van der Waals surface area contributed by atoms with E-state index >= 15 is 0 Å². The quantitative estimate of drug-likeness (QED) is 0.785. The molecule has 110 valence electrons. The van der Waals surface area contributed by atoms with Gasteiger partial charge in [0, 0.05) is 24.4 Å². The molecule has 1 saturated heterocycles. The van der Waals surface area contributed by atoms with Crippen molar-refractivity contribution in [2.75, 3.05) is 6.54 Å². The zero-order chi connectivity index (χ0) is 14.2. The zero-order valence-corrected chi connectivity index (χ0v) is 12.4. The molecule has 4 rings (SSSR count). The fourth-order valence-electron chi connectivity index (χ4n) is 4.62. The fraction of sp³-hybridized carbons (Fsp3) is 0.474. The summed E-state index contributed by atoms with van der Waals surface area (Å²) in [4.78, 5) is 2.53. The monoisotopic (exact) mass is 281 g/mol. The third kappa shape index (κ3) is 2.17. The lowest BCUT2D eigenvalue weighted by molar-refractivity contribution is 0.0710. The Hall–Kier alpha value is -1.70. The summed E-state index contributed by atoms with van der Waals surface area (Å²) in [5.41, 5.74) is 1.14. The molecule has 0 aromatic heterocycles. The molecule has 1 aliphatic carbocycles. The van der Waals surface area contributed by atoms with Gasteiger partial charge >= 0.3 is 0 Å². The van der Waals surface area contributed by atoms with E-state index in [1.807, 2.05) is 12.1 Å². The van der Waals surface area contributed by atoms with Crippen LogP contribution in [0, 0.1) is 11.8 Å². The minimum atomic E-state index is 0.445. The van der Waals surface area contributed by atoms with Crippen LogP contribution in [0.5, 0.6) is 5.75 Å². The van der Waals surface area contributed by atoms with Crippen molar-refractivity contribution in [3.63, 3.8) is 0 Å². The molecule has 2 nitrogen and oxygen atoms in total. The Balaban J connectivity index is 1.73. The standard InChI is InChI=1S/C19H23NO/c21-19-11-4-3-9-16(19)17-13-20-12-6-5-10-18(20)15-8-2-1-7-14(15)17/h2-4,6,8-9,11-12,14-15,17-18,21H,1,5,7,10,13H2. The van der Waals surface area contributed by atoms with Gasteiger partial charge in [0.2, 0.25) is 0 Å². The van der Waals surface area contributed by atoms with Crippen LogP contribution in [0.3, 0.4) is 0 Å². The summed E-state index contributed by atoms with van der Waals surface area (Å²) in [6.45, 7) is 1.05. The lowest BCUT2D eigenvalue weighted by Crippen LogP contribution is -2.51. The first-order valence-electron chi connectivity index (χ1n) is 8.21. The van der Waals surface area contributed by atoms with Crippen LogP contribution in [0.2, 0.25) is 0 Å². The maximum absolute atomic E-state index is 10.3. The van der Waals surface area contributed by atoms with Crippen molar-refractivity contribution in [1.82, 2.24) is 4.90 Å². The molecule has 4 atom stereocenters. The minimum absolute atomic E-state index is 0.445. The van der Waals surface area contributed by atoms with Crippen molar-refractivity contribution >= 4 is 0 Å². The average Bonchev–Trinajstić information content (AvgIpc) is 2.55. The van der Waals surface area contributed by atoms with E-state index in [1.165, 1.54) is 25.7 Å². The lowest BCUT2D eigenvalue weighted by Gasteiger charge is -2.51. The van der Waals surface area contributed by atoms with Crippen LogP contribution in [-0.2, 0) is 0 Å². The Bertz CT molecular complexity index is 577. The van der Waals surface area contributed by atoms with Gasteiger partial charge in [0.25, 0.3) is 0 Å². The van der Waals surface area contributed by atoms with E-state index in [0.29, 0.717) is 29.5 Å². The first kappa shape index (κ1) is 13.0.